The number of carbonyl (C=O) groups excluding carboxylic acids is 1. The molecule has 1 rings (SSSR count). The first-order chi connectivity index (χ1) is 6.94. The lowest BCUT2D eigenvalue weighted by atomic mass is 10.1. The van der Waals surface area contributed by atoms with Gasteiger partial charge in [-0.05, 0) is 26.0 Å². The van der Waals surface area contributed by atoms with E-state index >= 15 is 0 Å². The van der Waals surface area contributed by atoms with Crippen molar-refractivity contribution in [2.45, 2.75) is 19.4 Å². The van der Waals surface area contributed by atoms with Gasteiger partial charge in [0.25, 0.3) is 5.91 Å². The van der Waals surface area contributed by atoms with Gasteiger partial charge in [-0.25, -0.2) is 4.98 Å². The van der Waals surface area contributed by atoms with Gasteiger partial charge in [-0.15, -0.1) is 0 Å². The smallest absolute Gasteiger partial charge is 0.253 e. The minimum absolute atomic E-state index is 0.173. The predicted octanol–water partition coefficient (Wildman–Crippen LogP) is 0.721. The fourth-order valence-corrected chi connectivity index (χ4v) is 0.929. The van der Waals surface area contributed by atoms with Crippen LogP contribution in [-0.2, 0) is 0 Å². The van der Waals surface area contributed by atoms with Crippen molar-refractivity contribution in [3.8, 4) is 0 Å². The topological polar surface area (TPSA) is 62.2 Å². The van der Waals surface area contributed by atoms with E-state index in [0.29, 0.717) is 0 Å². The van der Waals surface area contributed by atoms with Crippen molar-refractivity contribution in [3.63, 3.8) is 0 Å². The van der Waals surface area contributed by atoms with Crippen LogP contribution in [0.5, 0.6) is 0 Å². The summed E-state index contributed by atoms with van der Waals surface area (Å²) in [6.07, 6.45) is 1.15. The molecule has 0 saturated carbocycles. The van der Waals surface area contributed by atoms with E-state index in [1.54, 1.807) is 13.8 Å². The van der Waals surface area contributed by atoms with Crippen molar-refractivity contribution in [1.82, 2.24) is 10.3 Å². The van der Waals surface area contributed by atoms with Crippen molar-refractivity contribution in [2.24, 2.45) is 0 Å². The molecule has 0 spiro atoms. The van der Waals surface area contributed by atoms with Crippen LogP contribution in [0, 0.1) is 5.95 Å². The van der Waals surface area contributed by atoms with E-state index in [4.69, 9.17) is 5.11 Å². The zero-order valence-corrected chi connectivity index (χ0v) is 8.62. The second kappa shape index (κ2) is 4.35. The van der Waals surface area contributed by atoms with E-state index in [-0.39, 0.29) is 18.1 Å². The molecule has 1 amide bonds. The van der Waals surface area contributed by atoms with E-state index in [0.717, 1.165) is 12.3 Å². The van der Waals surface area contributed by atoms with Crippen LogP contribution >= 0.6 is 0 Å². The molecular formula is C10H13FN2O2. The van der Waals surface area contributed by atoms with Crippen molar-refractivity contribution in [2.75, 3.05) is 6.61 Å². The van der Waals surface area contributed by atoms with Crippen LogP contribution < -0.4 is 5.32 Å². The zero-order chi connectivity index (χ0) is 11.5. The summed E-state index contributed by atoms with van der Waals surface area (Å²) in [5.74, 6) is -1.02. The molecule has 82 valence electrons. The number of aliphatic hydroxyl groups excluding tert-OH is 1. The third-order valence-corrected chi connectivity index (χ3v) is 1.84. The van der Waals surface area contributed by atoms with Gasteiger partial charge in [-0.3, -0.25) is 4.79 Å². The Kier molecular flexibility index (Phi) is 3.36. The Hall–Kier alpha value is -1.49. The van der Waals surface area contributed by atoms with Crippen molar-refractivity contribution < 1.29 is 14.3 Å². The fraction of sp³-hybridized carbons (Fsp3) is 0.400. The Morgan fingerprint density at radius 3 is 2.73 bits per heavy atom. The second-order valence-electron chi connectivity index (χ2n) is 3.87. The molecule has 0 fully saturated rings. The molecule has 0 aliphatic carbocycles. The Labute approximate surface area is 87.1 Å². The lowest BCUT2D eigenvalue weighted by Crippen LogP contribution is -2.46. The minimum atomic E-state index is -0.703. The number of hydrogen-bond acceptors (Lipinski definition) is 3. The van der Waals surface area contributed by atoms with Gasteiger partial charge in [-0.1, -0.05) is 0 Å². The van der Waals surface area contributed by atoms with Crippen LogP contribution in [0.25, 0.3) is 0 Å². The highest BCUT2D eigenvalue weighted by atomic mass is 19.1. The number of halogens is 1. The SMILES string of the molecule is CC(C)(CO)NC(=O)c1ccc(F)nc1. The summed E-state index contributed by atoms with van der Waals surface area (Å²) < 4.78 is 12.5. The molecule has 0 bridgehead atoms. The molecule has 0 unspecified atom stereocenters. The van der Waals surface area contributed by atoms with Crippen molar-refractivity contribution >= 4 is 5.91 Å². The molecule has 0 radical (unpaired) electrons. The molecule has 0 aliphatic heterocycles. The third-order valence-electron chi connectivity index (χ3n) is 1.84. The van der Waals surface area contributed by atoms with E-state index in [1.165, 1.54) is 6.07 Å². The first-order valence-corrected chi connectivity index (χ1v) is 4.49. The van der Waals surface area contributed by atoms with Gasteiger partial charge in [0.15, 0.2) is 0 Å². The molecule has 0 saturated heterocycles. The summed E-state index contributed by atoms with van der Waals surface area (Å²) >= 11 is 0. The van der Waals surface area contributed by atoms with Crippen molar-refractivity contribution in [3.05, 3.63) is 29.8 Å². The van der Waals surface area contributed by atoms with E-state index < -0.39 is 11.5 Å². The predicted molar refractivity (Wildman–Crippen MR) is 52.8 cm³/mol. The van der Waals surface area contributed by atoms with Crippen LogP contribution in [0.2, 0.25) is 0 Å². The largest absolute Gasteiger partial charge is 0.394 e. The maximum Gasteiger partial charge on any atom is 0.253 e. The number of hydrogen-bond donors (Lipinski definition) is 2. The highest BCUT2D eigenvalue weighted by Gasteiger charge is 2.19. The average molecular weight is 212 g/mol. The van der Waals surface area contributed by atoms with Gasteiger partial charge in [0, 0.05) is 6.20 Å². The highest BCUT2D eigenvalue weighted by molar-refractivity contribution is 5.94. The molecule has 0 aliphatic rings. The van der Waals surface area contributed by atoms with Gasteiger partial charge < -0.3 is 10.4 Å². The van der Waals surface area contributed by atoms with Crippen LogP contribution in [0.4, 0.5) is 4.39 Å². The second-order valence-corrected chi connectivity index (χ2v) is 3.87. The average Bonchev–Trinajstić information content (AvgIpc) is 2.18. The Morgan fingerprint density at radius 2 is 2.27 bits per heavy atom. The standard InChI is InChI=1S/C10H13FN2O2/c1-10(2,6-14)13-9(15)7-3-4-8(11)12-5-7/h3-5,14H,6H2,1-2H3,(H,13,15). The van der Waals surface area contributed by atoms with Crippen LogP contribution in [0.3, 0.4) is 0 Å². The van der Waals surface area contributed by atoms with Crippen LogP contribution in [0.15, 0.2) is 18.3 Å². The summed E-state index contributed by atoms with van der Waals surface area (Å²) in [5.41, 5.74) is -0.441. The maximum absolute atomic E-state index is 12.5. The highest BCUT2D eigenvalue weighted by Crippen LogP contribution is 2.04. The molecule has 2 N–H and O–H groups in total. The number of pyridine rings is 1. The third kappa shape index (κ3) is 3.28. The van der Waals surface area contributed by atoms with E-state index in [1.807, 2.05) is 0 Å². The summed E-state index contributed by atoms with van der Waals surface area (Å²) in [7, 11) is 0. The number of aliphatic hydroxyl groups is 1. The van der Waals surface area contributed by atoms with E-state index in [9.17, 15) is 9.18 Å². The molecule has 1 aromatic rings. The summed E-state index contributed by atoms with van der Waals surface area (Å²) in [6.45, 7) is 3.19. The number of rotatable bonds is 3. The minimum Gasteiger partial charge on any atom is -0.394 e. The summed E-state index contributed by atoms with van der Waals surface area (Å²) in [5, 5.41) is 11.5. The Morgan fingerprint density at radius 1 is 1.60 bits per heavy atom. The van der Waals surface area contributed by atoms with Gasteiger partial charge in [-0.2, -0.15) is 4.39 Å². The first-order valence-electron chi connectivity index (χ1n) is 4.49. The quantitative estimate of drug-likeness (QED) is 0.726. The lowest BCUT2D eigenvalue weighted by Gasteiger charge is -2.23. The molecule has 5 heteroatoms. The molecule has 4 nitrogen and oxygen atoms in total. The van der Waals surface area contributed by atoms with Crippen LogP contribution in [0.1, 0.15) is 24.2 Å². The number of nitrogens with one attached hydrogen (secondary N) is 1. The lowest BCUT2D eigenvalue weighted by molar-refractivity contribution is 0.0869. The molecule has 0 atom stereocenters. The van der Waals surface area contributed by atoms with Gasteiger partial charge in [0.1, 0.15) is 0 Å². The normalized spacial score (nSPS) is 11.2. The van der Waals surface area contributed by atoms with Gasteiger partial charge in [0.2, 0.25) is 5.95 Å². The Bertz CT molecular complexity index is 349. The number of amides is 1. The molecule has 1 heterocycles. The summed E-state index contributed by atoms with van der Waals surface area (Å²) in [4.78, 5) is 14.9. The number of aromatic nitrogens is 1. The maximum atomic E-state index is 12.5. The van der Waals surface area contributed by atoms with Crippen LogP contribution in [-0.4, -0.2) is 28.1 Å². The zero-order valence-electron chi connectivity index (χ0n) is 8.62. The first kappa shape index (κ1) is 11.6. The molecule has 0 aromatic carbocycles. The van der Waals surface area contributed by atoms with Crippen molar-refractivity contribution in [1.29, 1.82) is 0 Å². The monoisotopic (exact) mass is 212 g/mol. The molecule has 15 heavy (non-hydrogen) atoms. The Balaban J connectivity index is 2.74. The number of carbonyl (C=O) groups is 1. The molecule has 1 aromatic heterocycles. The summed E-state index contributed by atoms with van der Waals surface area (Å²) in [6, 6.07) is 2.45. The number of nitrogens with zero attached hydrogens (tertiary/aromatic N) is 1. The van der Waals surface area contributed by atoms with E-state index in [2.05, 4.69) is 10.3 Å². The fourth-order valence-electron chi connectivity index (χ4n) is 0.929. The molecular weight excluding hydrogens is 199 g/mol. The van der Waals surface area contributed by atoms with Gasteiger partial charge >= 0.3 is 0 Å². The van der Waals surface area contributed by atoms with Gasteiger partial charge in [0.05, 0.1) is 17.7 Å².